The molecule has 1 N–H and O–H groups in total. The minimum absolute atomic E-state index is 0.0930. The van der Waals surface area contributed by atoms with Gasteiger partial charge >= 0.3 is 0 Å². The lowest BCUT2D eigenvalue weighted by Gasteiger charge is -2.18. The Kier molecular flexibility index (Phi) is 4.40. The number of carbonyl (C=O) groups is 1. The minimum atomic E-state index is -0.0930. The first-order valence-electron chi connectivity index (χ1n) is 8.89. The van der Waals surface area contributed by atoms with E-state index in [0.717, 1.165) is 52.0 Å². The van der Waals surface area contributed by atoms with E-state index in [1.807, 2.05) is 32.9 Å². The molecule has 1 fully saturated rings. The highest BCUT2D eigenvalue weighted by Gasteiger charge is 2.24. The van der Waals surface area contributed by atoms with Crippen molar-refractivity contribution in [1.82, 2.24) is 15.3 Å². The van der Waals surface area contributed by atoms with Crippen molar-refractivity contribution in [2.45, 2.75) is 40.2 Å². The molecule has 0 aliphatic carbocycles. The number of hydrogen-bond donors (Lipinski definition) is 1. The van der Waals surface area contributed by atoms with Gasteiger partial charge < -0.3 is 14.6 Å². The molecule has 0 radical (unpaired) electrons. The molecule has 0 bridgehead atoms. The third-order valence-corrected chi connectivity index (χ3v) is 5.90. The maximum Gasteiger partial charge on any atom is 0.262 e. The maximum atomic E-state index is 12.7. The first-order valence-corrected chi connectivity index (χ1v) is 9.71. The van der Waals surface area contributed by atoms with Crippen molar-refractivity contribution in [1.29, 1.82) is 0 Å². The lowest BCUT2D eigenvalue weighted by molar-refractivity contribution is 0.0951. The van der Waals surface area contributed by atoms with Gasteiger partial charge in [0, 0.05) is 13.1 Å². The highest BCUT2D eigenvalue weighted by molar-refractivity contribution is 7.20. The number of fused-ring (bicyclic) bond motifs is 1. The molecule has 0 atom stereocenters. The van der Waals surface area contributed by atoms with Gasteiger partial charge in [0.05, 0.1) is 16.8 Å². The van der Waals surface area contributed by atoms with E-state index in [1.165, 1.54) is 24.2 Å². The zero-order chi connectivity index (χ0) is 18.3. The van der Waals surface area contributed by atoms with Crippen LogP contribution in [-0.2, 0) is 6.54 Å². The molecule has 0 aromatic carbocycles. The fourth-order valence-corrected chi connectivity index (χ4v) is 4.56. The van der Waals surface area contributed by atoms with Gasteiger partial charge in [0.25, 0.3) is 5.91 Å². The van der Waals surface area contributed by atoms with Crippen molar-refractivity contribution >= 4 is 33.3 Å². The Labute approximate surface area is 156 Å². The topological polar surface area (TPSA) is 71.3 Å². The fourth-order valence-electron chi connectivity index (χ4n) is 3.42. The molecule has 136 valence electrons. The van der Waals surface area contributed by atoms with Gasteiger partial charge in [-0.05, 0) is 51.3 Å². The summed E-state index contributed by atoms with van der Waals surface area (Å²) in [6.45, 7) is 8.20. The molecule has 1 aliphatic rings. The van der Waals surface area contributed by atoms with Gasteiger partial charge in [-0.15, -0.1) is 11.3 Å². The summed E-state index contributed by atoms with van der Waals surface area (Å²) in [4.78, 5) is 25.9. The summed E-state index contributed by atoms with van der Waals surface area (Å²) >= 11 is 1.44. The molecular weight excluding hydrogens is 348 g/mol. The lowest BCUT2D eigenvalue weighted by atomic mass is 10.2. The normalized spacial score (nSPS) is 14.3. The zero-order valence-electron chi connectivity index (χ0n) is 15.3. The van der Waals surface area contributed by atoms with Crippen LogP contribution in [0.1, 0.15) is 45.4 Å². The van der Waals surface area contributed by atoms with Crippen LogP contribution in [-0.4, -0.2) is 29.0 Å². The first kappa shape index (κ1) is 17.0. The van der Waals surface area contributed by atoms with Crippen LogP contribution < -0.4 is 10.2 Å². The zero-order valence-corrected chi connectivity index (χ0v) is 16.1. The van der Waals surface area contributed by atoms with Crippen molar-refractivity contribution in [2.24, 2.45) is 0 Å². The van der Waals surface area contributed by atoms with Crippen LogP contribution in [0.3, 0.4) is 0 Å². The molecule has 4 rings (SSSR count). The lowest BCUT2D eigenvalue weighted by Crippen LogP contribution is -2.22. The van der Waals surface area contributed by atoms with Crippen LogP contribution in [0, 0.1) is 20.8 Å². The van der Waals surface area contributed by atoms with Gasteiger partial charge in [-0.2, -0.15) is 0 Å². The van der Waals surface area contributed by atoms with E-state index in [2.05, 4.69) is 20.2 Å². The Morgan fingerprint density at radius 1 is 1.23 bits per heavy atom. The Bertz CT molecular complexity index is 969. The monoisotopic (exact) mass is 370 g/mol. The number of aryl methyl sites for hydroxylation is 3. The van der Waals surface area contributed by atoms with Gasteiger partial charge in [-0.3, -0.25) is 4.79 Å². The first-order chi connectivity index (χ1) is 12.5. The number of nitrogens with zero attached hydrogens (tertiary/aromatic N) is 3. The van der Waals surface area contributed by atoms with Crippen molar-refractivity contribution in [3.05, 3.63) is 39.9 Å². The van der Waals surface area contributed by atoms with E-state index in [1.54, 1.807) is 0 Å². The largest absolute Gasteiger partial charge is 0.465 e. The standard InChI is InChI=1S/C19H22N4O2S/c1-11-6-7-14(25-11)10-20-18(24)16-12(2)15-17(23-8-4-5-9-23)21-13(3)22-19(15)26-16/h6-7H,4-5,8-10H2,1-3H3,(H,20,24). The van der Waals surface area contributed by atoms with Gasteiger partial charge in [0.15, 0.2) is 0 Å². The van der Waals surface area contributed by atoms with Crippen LogP contribution in [0.2, 0.25) is 0 Å². The molecule has 7 heteroatoms. The van der Waals surface area contributed by atoms with Gasteiger partial charge in [0.1, 0.15) is 28.0 Å². The average Bonchev–Trinajstić information content (AvgIpc) is 3.33. The van der Waals surface area contributed by atoms with Crippen molar-refractivity contribution in [3.63, 3.8) is 0 Å². The molecule has 0 unspecified atom stereocenters. The number of carbonyl (C=O) groups excluding carboxylic acids is 1. The fraction of sp³-hybridized carbons (Fsp3) is 0.421. The number of aromatic nitrogens is 2. The average molecular weight is 370 g/mol. The highest BCUT2D eigenvalue weighted by Crippen LogP contribution is 2.36. The summed E-state index contributed by atoms with van der Waals surface area (Å²) in [5.41, 5.74) is 0.958. The van der Waals surface area contributed by atoms with Crippen molar-refractivity contribution in [3.8, 4) is 0 Å². The van der Waals surface area contributed by atoms with Gasteiger partial charge in [0.2, 0.25) is 0 Å². The smallest absolute Gasteiger partial charge is 0.262 e. The SMILES string of the molecule is Cc1nc(N2CCCC2)c2c(C)c(C(=O)NCc3ccc(C)o3)sc2n1. The summed E-state index contributed by atoms with van der Waals surface area (Å²) in [5.74, 6) is 3.22. The van der Waals surface area contributed by atoms with Gasteiger partial charge in [-0.1, -0.05) is 0 Å². The molecule has 6 nitrogen and oxygen atoms in total. The Morgan fingerprint density at radius 3 is 2.69 bits per heavy atom. The van der Waals surface area contributed by atoms with Crippen LogP contribution in [0.4, 0.5) is 5.82 Å². The van der Waals surface area contributed by atoms with E-state index in [9.17, 15) is 4.79 Å². The van der Waals surface area contributed by atoms with E-state index < -0.39 is 0 Å². The second kappa shape index (κ2) is 6.72. The summed E-state index contributed by atoms with van der Waals surface area (Å²) < 4.78 is 5.52. The molecule has 0 spiro atoms. The number of anilines is 1. The van der Waals surface area contributed by atoms with Crippen molar-refractivity contribution < 1.29 is 9.21 Å². The molecule has 3 aromatic heterocycles. The number of nitrogens with one attached hydrogen (secondary N) is 1. The maximum absolute atomic E-state index is 12.7. The molecular formula is C19H22N4O2S. The molecule has 0 saturated carbocycles. The number of amides is 1. The quantitative estimate of drug-likeness (QED) is 0.757. The van der Waals surface area contributed by atoms with E-state index in [0.29, 0.717) is 11.4 Å². The number of furan rings is 1. The van der Waals surface area contributed by atoms with Crippen molar-refractivity contribution in [2.75, 3.05) is 18.0 Å². The number of thiophene rings is 1. The van der Waals surface area contributed by atoms with Crippen LogP contribution in [0.5, 0.6) is 0 Å². The number of hydrogen-bond acceptors (Lipinski definition) is 6. The predicted molar refractivity (Wildman–Crippen MR) is 103 cm³/mol. The third-order valence-electron chi connectivity index (χ3n) is 4.71. The Hall–Kier alpha value is -2.41. The van der Waals surface area contributed by atoms with Crippen LogP contribution >= 0.6 is 11.3 Å². The van der Waals surface area contributed by atoms with Crippen LogP contribution in [0.25, 0.3) is 10.2 Å². The van der Waals surface area contributed by atoms with Gasteiger partial charge in [-0.25, -0.2) is 9.97 Å². The summed E-state index contributed by atoms with van der Waals surface area (Å²) in [7, 11) is 0. The van der Waals surface area contributed by atoms with E-state index >= 15 is 0 Å². The molecule has 1 amide bonds. The molecule has 26 heavy (non-hydrogen) atoms. The highest BCUT2D eigenvalue weighted by atomic mass is 32.1. The predicted octanol–water partition coefficient (Wildman–Crippen LogP) is 3.74. The van der Waals surface area contributed by atoms with Crippen LogP contribution in [0.15, 0.2) is 16.5 Å². The summed E-state index contributed by atoms with van der Waals surface area (Å²) in [6.07, 6.45) is 2.37. The molecule has 1 saturated heterocycles. The molecule has 4 heterocycles. The Balaban J connectivity index is 1.66. The molecule has 1 aliphatic heterocycles. The molecule has 3 aromatic rings. The van der Waals surface area contributed by atoms with E-state index in [-0.39, 0.29) is 5.91 Å². The summed E-state index contributed by atoms with van der Waals surface area (Å²) in [5, 5.41) is 3.97. The Morgan fingerprint density at radius 2 is 2.00 bits per heavy atom. The second-order valence-electron chi connectivity index (χ2n) is 6.72. The second-order valence-corrected chi connectivity index (χ2v) is 7.72. The third kappa shape index (κ3) is 3.07. The number of rotatable bonds is 4. The summed E-state index contributed by atoms with van der Waals surface area (Å²) in [6, 6.07) is 3.78. The minimum Gasteiger partial charge on any atom is -0.465 e. The van der Waals surface area contributed by atoms with E-state index in [4.69, 9.17) is 4.42 Å².